The van der Waals surface area contributed by atoms with Gasteiger partial charge >= 0.3 is 0 Å². The van der Waals surface area contributed by atoms with Crippen molar-refractivity contribution in [1.82, 2.24) is 4.90 Å². The van der Waals surface area contributed by atoms with Crippen LogP contribution in [0.25, 0.3) is 0 Å². The Kier molecular flexibility index (Phi) is 5.67. The molecule has 1 aromatic carbocycles. The van der Waals surface area contributed by atoms with Crippen molar-refractivity contribution in [3.05, 3.63) is 29.8 Å². The third kappa shape index (κ3) is 4.84. The number of hydrogen-bond acceptors (Lipinski definition) is 3. The fraction of sp³-hybridized carbons (Fsp3) is 0.533. The van der Waals surface area contributed by atoms with E-state index in [0.29, 0.717) is 12.2 Å². The maximum absolute atomic E-state index is 10.9. The molecule has 0 unspecified atom stereocenters. The van der Waals surface area contributed by atoms with E-state index in [0.717, 1.165) is 12.3 Å². The van der Waals surface area contributed by atoms with Crippen LogP contribution in [-0.4, -0.2) is 36.4 Å². The summed E-state index contributed by atoms with van der Waals surface area (Å²) in [5.41, 5.74) is 0.501. The van der Waals surface area contributed by atoms with E-state index in [2.05, 4.69) is 4.90 Å². The molecule has 0 amide bonds. The summed E-state index contributed by atoms with van der Waals surface area (Å²) in [5, 5.41) is -0.434. The Hall–Kier alpha value is -1.06. The maximum atomic E-state index is 10.9. The molecule has 1 fully saturated rings. The molecule has 0 aromatic heterocycles. The standard InChI is InChI=1S/C15H20ClNO2/c16-15(18)13-5-7-14(8-6-13)19-12-11-17-9-3-1-2-4-10-17/h5-8H,1-4,9-12H2. The zero-order valence-electron chi connectivity index (χ0n) is 11.1. The zero-order valence-corrected chi connectivity index (χ0v) is 11.9. The summed E-state index contributed by atoms with van der Waals surface area (Å²) in [4.78, 5) is 13.4. The molecular formula is C15H20ClNO2. The summed E-state index contributed by atoms with van der Waals surface area (Å²) in [7, 11) is 0. The fourth-order valence-electron chi connectivity index (χ4n) is 2.33. The van der Waals surface area contributed by atoms with Gasteiger partial charge in [0.1, 0.15) is 12.4 Å². The Balaban J connectivity index is 1.74. The molecule has 3 nitrogen and oxygen atoms in total. The minimum Gasteiger partial charge on any atom is -0.492 e. The lowest BCUT2D eigenvalue weighted by Gasteiger charge is -2.19. The Labute approximate surface area is 119 Å². The van der Waals surface area contributed by atoms with Gasteiger partial charge in [0.05, 0.1) is 0 Å². The van der Waals surface area contributed by atoms with Crippen LogP contribution in [0, 0.1) is 0 Å². The zero-order chi connectivity index (χ0) is 13.5. The van der Waals surface area contributed by atoms with Crippen LogP contribution in [0.1, 0.15) is 36.0 Å². The summed E-state index contributed by atoms with van der Waals surface area (Å²) in [6, 6.07) is 6.96. The first-order chi connectivity index (χ1) is 9.25. The van der Waals surface area contributed by atoms with Crippen LogP contribution in [-0.2, 0) is 0 Å². The molecule has 19 heavy (non-hydrogen) atoms. The van der Waals surface area contributed by atoms with Gasteiger partial charge in [-0.25, -0.2) is 0 Å². The van der Waals surface area contributed by atoms with Gasteiger partial charge in [-0.15, -0.1) is 0 Å². The van der Waals surface area contributed by atoms with E-state index in [9.17, 15) is 4.79 Å². The number of rotatable bonds is 5. The van der Waals surface area contributed by atoms with Crippen molar-refractivity contribution in [2.45, 2.75) is 25.7 Å². The fourth-order valence-corrected chi connectivity index (χ4v) is 2.46. The summed E-state index contributed by atoms with van der Waals surface area (Å²) < 4.78 is 5.69. The number of ether oxygens (including phenoxy) is 1. The number of benzene rings is 1. The van der Waals surface area contributed by atoms with Gasteiger partial charge in [-0.3, -0.25) is 9.69 Å². The van der Waals surface area contributed by atoms with Crippen LogP contribution < -0.4 is 4.74 Å². The number of halogens is 1. The van der Waals surface area contributed by atoms with Crippen LogP contribution >= 0.6 is 11.6 Å². The quantitative estimate of drug-likeness (QED) is 0.776. The van der Waals surface area contributed by atoms with Crippen molar-refractivity contribution in [2.75, 3.05) is 26.2 Å². The summed E-state index contributed by atoms with van der Waals surface area (Å²) >= 11 is 5.39. The first kappa shape index (κ1) is 14.4. The summed E-state index contributed by atoms with van der Waals surface area (Å²) in [5.74, 6) is 0.788. The van der Waals surface area contributed by atoms with Gasteiger partial charge < -0.3 is 4.74 Å². The molecule has 0 aliphatic carbocycles. The molecule has 1 heterocycles. The van der Waals surface area contributed by atoms with Crippen molar-refractivity contribution in [2.24, 2.45) is 0 Å². The van der Waals surface area contributed by atoms with E-state index in [-0.39, 0.29) is 0 Å². The van der Waals surface area contributed by atoms with E-state index in [4.69, 9.17) is 16.3 Å². The molecule has 104 valence electrons. The van der Waals surface area contributed by atoms with Crippen molar-refractivity contribution in [3.63, 3.8) is 0 Å². The number of carbonyl (C=O) groups excluding carboxylic acids is 1. The second-order valence-electron chi connectivity index (χ2n) is 4.90. The third-order valence-electron chi connectivity index (χ3n) is 3.46. The van der Waals surface area contributed by atoms with E-state index in [1.807, 2.05) is 0 Å². The average molecular weight is 282 g/mol. The lowest BCUT2D eigenvalue weighted by atomic mass is 10.2. The smallest absolute Gasteiger partial charge is 0.252 e. The SMILES string of the molecule is O=C(Cl)c1ccc(OCCN2CCCCCC2)cc1. The van der Waals surface area contributed by atoms with Crippen molar-refractivity contribution >= 4 is 16.8 Å². The Morgan fingerprint density at radius 1 is 1.11 bits per heavy atom. The minimum absolute atomic E-state index is 0.434. The van der Waals surface area contributed by atoms with Crippen LogP contribution in [0.4, 0.5) is 0 Å². The highest BCUT2D eigenvalue weighted by Gasteiger charge is 2.08. The summed E-state index contributed by atoms with van der Waals surface area (Å²) in [6.45, 7) is 4.02. The molecular weight excluding hydrogens is 262 g/mol. The molecule has 2 rings (SSSR count). The molecule has 0 atom stereocenters. The summed E-state index contributed by atoms with van der Waals surface area (Å²) in [6.07, 6.45) is 5.30. The Morgan fingerprint density at radius 3 is 2.32 bits per heavy atom. The van der Waals surface area contributed by atoms with Crippen LogP contribution in [0.15, 0.2) is 24.3 Å². The molecule has 0 saturated carbocycles. The number of carbonyl (C=O) groups is 1. The van der Waals surface area contributed by atoms with E-state index >= 15 is 0 Å². The number of likely N-dealkylation sites (tertiary alicyclic amines) is 1. The molecule has 1 aliphatic heterocycles. The lowest BCUT2D eigenvalue weighted by molar-refractivity contribution is 0.108. The maximum Gasteiger partial charge on any atom is 0.252 e. The van der Waals surface area contributed by atoms with Gasteiger partial charge in [0.2, 0.25) is 0 Å². The van der Waals surface area contributed by atoms with E-state index in [1.165, 1.54) is 38.8 Å². The van der Waals surface area contributed by atoms with E-state index in [1.54, 1.807) is 24.3 Å². The van der Waals surface area contributed by atoms with Crippen molar-refractivity contribution in [1.29, 1.82) is 0 Å². The van der Waals surface area contributed by atoms with Gasteiger partial charge in [-0.1, -0.05) is 12.8 Å². The first-order valence-corrected chi connectivity index (χ1v) is 7.28. The number of nitrogens with zero attached hydrogens (tertiary/aromatic N) is 1. The van der Waals surface area contributed by atoms with Crippen LogP contribution in [0.2, 0.25) is 0 Å². The van der Waals surface area contributed by atoms with Crippen LogP contribution in [0.5, 0.6) is 5.75 Å². The normalized spacial score (nSPS) is 16.9. The predicted molar refractivity (Wildman–Crippen MR) is 77.0 cm³/mol. The molecule has 0 N–H and O–H groups in total. The van der Waals surface area contributed by atoms with Gasteiger partial charge in [-0.2, -0.15) is 0 Å². The topological polar surface area (TPSA) is 29.5 Å². The highest BCUT2D eigenvalue weighted by Crippen LogP contribution is 2.14. The lowest BCUT2D eigenvalue weighted by Crippen LogP contribution is -2.29. The molecule has 1 aliphatic rings. The number of hydrogen-bond donors (Lipinski definition) is 0. The van der Waals surface area contributed by atoms with Crippen molar-refractivity contribution < 1.29 is 9.53 Å². The van der Waals surface area contributed by atoms with E-state index < -0.39 is 5.24 Å². The van der Waals surface area contributed by atoms with Crippen molar-refractivity contribution in [3.8, 4) is 5.75 Å². The first-order valence-electron chi connectivity index (χ1n) is 6.91. The van der Waals surface area contributed by atoms with Gasteiger partial charge in [0.15, 0.2) is 0 Å². The molecule has 1 saturated heterocycles. The Morgan fingerprint density at radius 2 is 1.74 bits per heavy atom. The molecule has 1 aromatic rings. The largest absolute Gasteiger partial charge is 0.492 e. The predicted octanol–water partition coefficient (Wildman–Crippen LogP) is 3.32. The molecule has 4 heteroatoms. The van der Waals surface area contributed by atoms with Crippen LogP contribution in [0.3, 0.4) is 0 Å². The van der Waals surface area contributed by atoms with Gasteiger partial charge in [-0.05, 0) is 61.8 Å². The van der Waals surface area contributed by atoms with Gasteiger partial charge in [0, 0.05) is 12.1 Å². The molecule has 0 bridgehead atoms. The molecule has 0 radical (unpaired) electrons. The second kappa shape index (κ2) is 7.51. The highest BCUT2D eigenvalue weighted by molar-refractivity contribution is 6.67. The Bertz CT molecular complexity index is 397. The third-order valence-corrected chi connectivity index (χ3v) is 3.67. The average Bonchev–Trinajstić information content (AvgIpc) is 2.68. The highest BCUT2D eigenvalue weighted by atomic mass is 35.5. The second-order valence-corrected chi connectivity index (χ2v) is 5.25. The minimum atomic E-state index is -0.434. The van der Waals surface area contributed by atoms with Gasteiger partial charge in [0.25, 0.3) is 5.24 Å². The molecule has 0 spiro atoms. The monoisotopic (exact) mass is 281 g/mol.